The van der Waals surface area contributed by atoms with E-state index in [0.29, 0.717) is 13.2 Å². The molecule has 0 fully saturated rings. The summed E-state index contributed by atoms with van der Waals surface area (Å²) in [5, 5.41) is 8.75. The minimum absolute atomic E-state index is 0.0304. The first kappa shape index (κ1) is 16.8. The second-order valence-corrected chi connectivity index (χ2v) is 3.98. The molecule has 0 saturated carbocycles. The van der Waals surface area contributed by atoms with Gasteiger partial charge in [-0.05, 0) is 31.9 Å². The predicted molar refractivity (Wildman–Crippen MR) is 69.7 cm³/mol. The third-order valence-corrected chi connectivity index (χ3v) is 2.59. The monoisotopic (exact) mass is 290 g/mol. The Balaban J connectivity index is 2.70. The van der Waals surface area contributed by atoms with Crippen LogP contribution in [0.15, 0.2) is 12.1 Å². The van der Waals surface area contributed by atoms with Gasteiger partial charge in [0.2, 0.25) is 5.82 Å². The van der Waals surface area contributed by atoms with Gasteiger partial charge in [0.05, 0.1) is 0 Å². The average Bonchev–Trinajstić information content (AvgIpc) is 2.43. The Morgan fingerprint density at radius 2 is 1.75 bits per heavy atom. The SMILES string of the molecule is CCOC(COc1ccc(CCO)c(F)c1F)OCC. The molecule has 0 radical (unpaired) electrons. The van der Waals surface area contributed by atoms with Crippen molar-refractivity contribution in [3.05, 3.63) is 29.3 Å². The molecule has 0 unspecified atom stereocenters. The molecule has 0 amide bonds. The summed E-state index contributed by atoms with van der Waals surface area (Å²) in [5.41, 5.74) is 0.114. The van der Waals surface area contributed by atoms with Gasteiger partial charge in [-0.2, -0.15) is 4.39 Å². The van der Waals surface area contributed by atoms with Crippen LogP contribution in [0.2, 0.25) is 0 Å². The molecule has 1 N–H and O–H groups in total. The van der Waals surface area contributed by atoms with Gasteiger partial charge < -0.3 is 19.3 Å². The molecular weight excluding hydrogens is 270 g/mol. The fraction of sp³-hybridized carbons (Fsp3) is 0.571. The van der Waals surface area contributed by atoms with Crippen LogP contribution in [0.5, 0.6) is 5.75 Å². The van der Waals surface area contributed by atoms with E-state index in [1.165, 1.54) is 12.1 Å². The van der Waals surface area contributed by atoms with Gasteiger partial charge in [0.25, 0.3) is 0 Å². The fourth-order valence-corrected chi connectivity index (χ4v) is 1.67. The quantitative estimate of drug-likeness (QED) is 0.709. The highest BCUT2D eigenvalue weighted by Gasteiger charge is 2.16. The summed E-state index contributed by atoms with van der Waals surface area (Å²) in [6.45, 7) is 4.19. The number of halogens is 2. The summed E-state index contributed by atoms with van der Waals surface area (Å²) in [4.78, 5) is 0. The van der Waals surface area contributed by atoms with E-state index in [2.05, 4.69) is 0 Å². The molecule has 1 aromatic carbocycles. The minimum Gasteiger partial charge on any atom is -0.485 e. The van der Waals surface area contributed by atoms with Crippen LogP contribution in [0.1, 0.15) is 19.4 Å². The van der Waals surface area contributed by atoms with Crippen LogP contribution in [0.4, 0.5) is 8.78 Å². The molecular formula is C14H20F2O4. The van der Waals surface area contributed by atoms with E-state index in [9.17, 15) is 8.78 Å². The second-order valence-electron chi connectivity index (χ2n) is 3.98. The lowest BCUT2D eigenvalue weighted by Crippen LogP contribution is -2.25. The number of ether oxygens (including phenoxy) is 3. The van der Waals surface area contributed by atoms with Gasteiger partial charge in [0, 0.05) is 19.8 Å². The molecule has 0 bridgehead atoms. The molecule has 0 spiro atoms. The summed E-state index contributed by atoms with van der Waals surface area (Å²) in [7, 11) is 0. The fourth-order valence-electron chi connectivity index (χ4n) is 1.67. The maximum Gasteiger partial charge on any atom is 0.200 e. The largest absolute Gasteiger partial charge is 0.485 e. The molecule has 0 atom stereocenters. The van der Waals surface area contributed by atoms with Crippen molar-refractivity contribution in [3.63, 3.8) is 0 Å². The summed E-state index contributed by atoms with van der Waals surface area (Å²) < 4.78 is 43.1. The van der Waals surface area contributed by atoms with Gasteiger partial charge in [-0.3, -0.25) is 0 Å². The van der Waals surface area contributed by atoms with Crippen molar-refractivity contribution < 1.29 is 28.1 Å². The predicted octanol–water partition coefficient (Wildman–Crippen LogP) is 2.28. The molecule has 0 aliphatic carbocycles. The molecule has 0 saturated heterocycles. The topological polar surface area (TPSA) is 47.9 Å². The number of rotatable bonds is 9. The van der Waals surface area contributed by atoms with Crippen molar-refractivity contribution in [2.24, 2.45) is 0 Å². The molecule has 6 heteroatoms. The highest BCUT2D eigenvalue weighted by Crippen LogP contribution is 2.23. The Bertz CT molecular complexity index is 406. The van der Waals surface area contributed by atoms with Gasteiger partial charge >= 0.3 is 0 Å². The smallest absolute Gasteiger partial charge is 0.200 e. The van der Waals surface area contributed by atoms with Gasteiger partial charge in [0.1, 0.15) is 6.61 Å². The first-order valence-corrected chi connectivity index (χ1v) is 6.57. The standard InChI is InChI=1S/C14H20F2O4/c1-3-18-12(19-4-2)9-20-11-6-5-10(7-8-17)13(15)14(11)16/h5-6,12,17H,3-4,7-9H2,1-2H3. The van der Waals surface area contributed by atoms with Crippen molar-refractivity contribution in [1.82, 2.24) is 0 Å². The van der Waals surface area contributed by atoms with Crippen LogP contribution in [0.3, 0.4) is 0 Å². The Morgan fingerprint density at radius 1 is 1.10 bits per heavy atom. The van der Waals surface area contributed by atoms with E-state index in [-0.39, 0.29) is 30.9 Å². The maximum absolute atomic E-state index is 13.7. The molecule has 0 aliphatic rings. The average molecular weight is 290 g/mol. The van der Waals surface area contributed by atoms with Gasteiger partial charge in [0.15, 0.2) is 17.9 Å². The lowest BCUT2D eigenvalue weighted by molar-refractivity contribution is -0.152. The number of aliphatic hydroxyl groups is 1. The number of benzene rings is 1. The Kier molecular flexibility index (Phi) is 7.43. The third kappa shape index (κ3) is 4.70. The first-order chi connectivity index (χ1) is 9.63. The van der Waals surface area contributed by atoms with Gasteiger partial charge in [-0.15, -0.1) is 0 Å². The van der Waals surface area contributed by atoms with Crippen LogP contribution >= 0.6 is 0 Å². The molecule has 0 heterocycles. The van der Waals surface area contributed by atoms with Crippen molar-refractivity contribution >= 4 is 0 Å². The molecule has 20 heavy (non-hydrogen) atoms. The van der Waals surface area contributed by atoms with Crippen molar-refractivity contribution in [2.45, 2.75) is 26.6 Å². The zero-order valence-corrected chi connectivity index (χ0v) is 11.7. The molecule has 1 rings (SSSR count). The molecule has 0 aliphatic heterocycles. The summed E-state index contributed by atoms with van der Waals surface area (Å²) in [5.74, 6) is -2.27. The van der Waals surface area contributed by atoms with Crippen LogP contribution in [0.25, 0.3) is 0 Å². The van der Waals surface area contributed by atoms with Crippen molar-refractivity contribution in [1.29, 1.82) is 0 Å². The van der Waals surface area contributed by atoms with Crippen molar-refractivity contribution in [3.8, 4) is 5.75 Å². The highest BCUT2D eigenvalue weighted by atomic mass is 19.2. The summed E-state index contributed by atoms with van der Waals surface area (Å²) in [6.07, 6.45) is -0.562. The number of aliphatic hydroxyl groups excluding tert-OH is 1. The van der Waals surface area contributed by atoms with E-state index in [1.807, 2.05) is 0 Å². The molecule has 114 valence electrons. The van der Waals surface area contributed by atoms with E-state index in [4.69, 9.17) is 19.3 Å². The van der Waals surface area contributed by atoms with Crippen LogP contribution in [-0.2, 0) is 15.9 Å². The lowest BCUT2D eigenvalue weighted by Gasteiger charge is -2.18. The third-order valence-electron chi connectivity index (χ3n) is 2.59. The Labute approximate surface area is 117 Å². The van der Waals surface area contributed by atoms with E-state index >= 15 is 0 Å². The zero-order valence-electron chi connectivity index (χ0n) is 11.7. The van der Waals surface area contributed by atoms with E-state index in [1.54, 1.807) is 13.8 Å². The van der Waals surface area contributed by atoms with Gasteiger partial charge in [-0.1, -0.05) is 6.07 Å². The molecule has 4 nitrogen and oxygen atoms in total. The lowest BCUT2D eigenvalue weighted by atomic mass is 10.1. The highest BCUT2D eigenvalue weighted by molar-refractivity contribution is 5.31. The van der Waals surface area contributed by atoms with Crippen LogP contribution in [0, 0.1) is 11.6 Å². The number of hydrogen-bond acceptors (Lipinski definition) is 4. The van der Waals surface area contributed by atoms with Crippen LogP contribution < -0.4 is 4.74 Å². The molecule has 1 aromatic rings. The molecule has 0 aromatic heterocycles. The second kappa shape index (κ2) is 8.84. The van der Waals surface area contributed by atoms with Crippen LogP contribution in [-0.4, -0.2) is 37.8 Å². The first-order valence-electron chi connectivity index (χ1n) is 6.57. The Morgan fingerprint density at radius 3 is 2.30 bits per heavy atom. The van der Waals surface area contributed by atoms with E-state index in [0.717, 1.165) is 0 Å². The normalized spacial score (nSPS) is 11.1. The van der Waals surface area contributed by atoms with Gasteiger partial charge in [-0.25, -0.2) is 4.39 Å². The Hall–Kier alpha value is -1.24. The van der Waals surface area contributed by atoms with E-state index < -0.39 is 17.9 Å². The number of hydrogen-bond donors (Lipinski definition) is 1. The maximum atomic E-state index is 13.7. The van der Waals surface area contributed by atoms with Crippen molar-refractivity contribution in [2.75, 3.05) is 26.4 Å². The summed E-state index contributed by atoms with van der Waals surface area (Å²) in [6, 6.07) is 2.72. The summed E-state index contributed by atoms with van der Waals surface area (Å²) >= 11 is 0. The minimum atomic E-state index is -1.07. The zero-order chi connectivity index (χ0) is 15.0.